The molecular weight excluding hydrogens is 378 g/mol. The van der Waals surface area contributed by atoms with Crippen LogP contribution in [-0.2, 0) is 22.9 Å². The number of aryl methyl sites for hydroxylation is 2. The van der Waals surface area contributed by atoms with Crippen molar-refractivity contribution in [1.82, 2.24) is 14.1 Å². The number of fused-ring (bicyclic) bond motifs is 1. The molecular formula is C24H31N3O3. The van der Waals surface area contributed by atoms with Gasteiger partial charge in [0.1, 0.15) is 5.82 Å². The molecule has 3 aromatic rings. The van der Waals surface area contributed by atoms with Crippen molar-refractivity contribution >= 4 is 11.0 Å². The molecule has 30 heavy (non-hydrogen) atoms. The average molecular weight is 410 g/mol. The number of pyridine rings is 1. The molecule has 1 aliphatic rings. The topological polar surface area (TPSA) is 58.3 Å². The Hall–Kier alpha value is -2.44. The zero-order valence-electron chi connectivity index (χ0n) is 18.4. The first-order valence-electron chi connectivity index (χ1n) is 10.7. The molecule has 0 bridgehead atoms. The Morgan fingerprint density at radius 3 is 2.70 bits per heavy atom. The van der Waals surface area contributed by atoms with E-state index < -0.39 is 0 Å². The Morgan fingerprint density at radius 2 is 2.00 bits per heavy atom. The quantitative estimate of drug-likeness (QED) is 0.620. The van der Waals surface area contributed by atoms with E-state index >= 15 is 0 Å². The molecule has 1 atom stereocenters. The summed E-state index contributed by atoms with van der Waals surface area (Å²) in [5.41, 5.74) is 5.03. The van der Waals surface area contributed by atoms with Gasteiger partial charge in [0, 0.05) is 45.6 Å². The molecule has 160 valence electrons. The SMILES string of the molecule is COCC(C)n1c(CC2CCOCC2)nc2ccc(-c3cc(C)c(=O)n(C)c3)cc21. The normalized spacial score (nSPS) is 16.3. The van der Waals surface area contributed by atoms with Gasteiger partial charge in [-0.2, -0.15) is 0 Å². The van der Waals surface area contributed by atoms with E-state index in [-0.39, 0.29) is 11.6 Å². The Morgan fingerprint density at radius 1 is 1.23 bits per heavy atom. The second kappa shape index (κ2) is 8.74. The van der Waals surface area contributed by atoms with Gasteiger partial charge < -0.3 is 18.6 Å². The van der Waals surface area contributed by atoms with Gasteiger partial charge in [0.05, 0.1) is 23.7 Å². The largest absolute Gasteiger partial charge is 0.383 e. The summed E-state index contributed by atoms with van der Waals surface area (Å²) in [5, 5.41) is 0. The molecule has 6 heteroatoms. The molecule has 0 spiro atoms. The summed E-state index contributed by atoms with van der Waals surface area (Å²) in [4.78, 5) is 17.1. The highest BCUT2D eigenvalue weighted by molar-refractivity contribution is 5.83. The van der Waals surface area contributed by atoms with Crippen molar-refractivity contribution in [3.05, 3.63) is 52.2 Å². The smallest absolute Gasteiger partial charge is 0.253 e. The Kier molecular flexibility index (Phi) is 6.06. The van der Waals surface area contributed by atoms with Crippen molar-refractivity contribution in [3.8, 4) is 11.1 Å². The number of methoxy groups -OCH3 is 1. The van der Waals surface area contributed by atoms with Crippen LogP contribution in [0.15, 0.2) is 35.3 Å². The second-order valence-electron chi connectivity index (χ2n) is 8.49. The zero-order valence-corrected chi connectivity index (χ0v) is 18.4. The molecule has 2 aromatic heterocycles. The second-order valence-corrected chi connectivity index (χ2v) is 8.49. The van der Waals surface area contributed by atoms with Crippen LogP contribution in [0.3, 0.4) is 0 Å². The third kappa shape index (κ3) is 4.07. The van der Waals surface area contributed by atoms with Crippen molar-refractivity contribution in [1.29, 1.82) is 0 Å². The summed E-state index contributed by atoms with van der Waals surface area (Å²) >= 11 is 0. The van der Waals surface area contributed by atoms with Gasteiger partial charge in [0.2, 0.25) is 0 Å². The zero-order chi connectivity index (χ0) is 21.3. The maximum Gasteiger partial charge on any atom is 0.253 e. The summed E-state index contributed by atoms with van der Waals surface area (Å²) in [6.45, 7) is 6.36. The van der Waals surface area contributed by atoms with Gasteiger partial charge in [-0.25, -0.2) is 4.98 Å². The van der Waals surface area contributed by atoms with Crippen LogP contribution >= 0.6 is 0 Å². The summed E-state index contributed by atoms with van der Waals surface area (Å²) in [7, 11) is 3.54. The third-order valence-electron chi connectivity index (χ3n) is 6.12. The number of aromatic nitrogens is 3. The van der Waals surface area contributed by atoms with Crippen LogP contribution < -0.4 is 5.56 Å². The van der Waals surface area contributed by atoms with Crippen molar-refractivity contribution in [3.63, 3.8) is 0 Å². The fourth-order valence-electron chi connectivity index (χ4n) is 4.52. The molecule has 0 N–H and O–H groups in total. The van der Waals surface area contributed by atoms with E-state index in [1.807, 2.05) is 19.2 Å². The molecule has 1 aromatic carbocycles. The molecule has 0 amide bonds. The fraction of sp³-hybridized carbons (Fsp3) is 0.500. The summed E-state index contributed by atoms with van der Waals surface area (Å²) in [5.74, 6) is 1.73. The minimum absolute atomic E-state index is 0.0392. The lowest BCUT2D eigenvalue weighted by molar-refractivity contribution is 0.0654. The number of benzene rings is 1. The van der Waals surface area contributed by atoms with E-state index in [0.29, 0.717) is 12.5 Å². The molecule has 0 radical (unpaired) electrons. The number of hydrogen-bond acceptors (Lipinski definition) is 4. The number of ether oxygens (including phenoxy) is 2. The first-order chi connectivity index (χ1) is 14.5. The highest BCUT2D eigenvalue weighted by Gasteiger charge is 2.21. The van der Waals surface area contributed by atoms with Crippen LogP contribution in [-0.4, -0.2) is 41.0 Å². The Balaban J connectivity index is 1.79. The first kappa shape index (κ1) is 20.8. The van der Waals surface area contributed by atoms with Gasteiger partial charge in [-0.3, -0.25) is 4.79 Å². The Labute approximate surface area is 177 Å². The maximum atomic E-state index is 12.1. The average Bonchev–Trinajstić information content (AvgIpc) is 3.09. The van der Waals surface area contributed by atoms with E-state index in [9.17, 15) is 4.79 Å². The first-order valence-corrected chi connectivity index (χ1v) is 10.7. The van der Waals surface area contributed by atoms with Gasteiger partial charge >= 0.3 is 0 Å². The summed E-state index contributed by atoms with van der Waals surface area (Å²) in [6, 6.07) is 8.53. The molecule has 4 rings (SSSR count). The highest BCUT2D eigenvalue weighted by Crippen LogP contribution is 2.30. The molecule has 1 aliphatic heterocycles. The maximum absolute atomic E-state index is 12.1. The van der Waals surface area contributed by atoms with Crippen LogP contribution in [0.5, 0.6) is 0 Å². The van der Waals surface area contributed by atoms with E-state index in [2.05, 4.69) is 29.7 Å². The van der Waals surface area contributed by atoms with Crippen molar-refractivity contribution in [2.45, 2.75) is 39.2 Å². The van der Waals surface area contributed by atoms with E-state index in [4.69, 9.17) is 14.5 Å². The van der Waals surface area contributed by atoms with Crippen molar-refractivity contribution in [2.24, 2.45) is 13.0 Å². The van der Waals surface area contributed by atoms with E-state index in [1.165, 1.54) is 0 Å². The molecule has 0 saturated carbocycles. The van der Waals surface area contributed by atoms with Crippen LogP contribution in [0.2, 0.25) is 0 Å². The lowest BCUT2D eigenvalue weighted by Crippen LogP contribution is -2.21. The standard InChI is InChI=1S/C24H31N3O3/c1-16-11-20(14-26(3)24(16)28)19-5-6-21-22(13-19)27(17(2)15-29-4)23(25-21)12-18-7-9-30-10-8-18/h5-6,11,13-14,17-18H,7-10,12,15H2,1-4H3. The van der Waals surface area contributed by atoms with Crippen molar-refractivity contribution < 1.29 is 9.47 Å². The Bertz CT molecular complexity index is 1070. The number of hydrogen-bond donors (Lipinski definition) is 0. The predicted octanol–water partition coefficient (Wildman–Crippen LogP) is 3.89. The molecule has 1 fully saturated rings. The minimum atomic E-state index is 0.0392. The van der Waals surface area contributed by atoms with E-state index in [1.54, 1.807) is 18.7 Å². The number of imidazole rings is 1. The third-order valence-corrected chi connectivity index (χ3v) is 6.12. The van der Waals surface area contributed by atoms with Gasteiger partial charge in [-0.1, -0.05) is 6.07 Å². The van der Waals surface area contributed by atoms with Crippen LogP contribution in [0.1, 0.15) is 37.2 Å². The molecule has 3 heterocycles. The lowest BCUT2D eigenvalue weighted by Gasteiger charge is -2.23. The van der Waals surface area contributed by atoms with Crippen LogP contribution in [0, 0.1) is 12.8 Å². The summed E-state index contributed by atoms with van der Waals surface area (Å²) in [6.07, 6.45) is 5.04. The van der Waals surface area contributed by atoms with E-state index in [0.717, 1.165) is 66.0 Å². The monoisotopic (exact) mass is 409 g/mol. The molecule has 1 unspecified atom stereocenters. The number of nitrogens with zero attached hydrogens (tertiary/aromatic N) is 3. The molecule has 1 saturated heterocycles. The lowest BCUT2D eigenvalue weighted by atomic mass is 9.96. The highest BCUT2D eigenvalue weighted by atomic mass is 16.5. The molecule has 6 nitrogen and oxygen atoms in total. The van der Waals surface area contributed by atoms with Gasteiger partial charge in [-0.15, -0.1) is 0 Å². The van der Waals surface area contributed by atoms with Crippen LogP contribution in [0.4, 0.5) is 0 Å². The van der Waals surface area contributed by atoms with Crippen LogP contribution in [0.25, 0.3) is 22.2 Å². The van der Waals surface area contributed by atoms with Gasteiger partial charge in [0.15, 0.2) is 0 Å². The predicted molar refractivity (Wildman–Crippen MR) is 119 cm³/mol. The fourth-order valence-corrected chi connectivity index (χ4v) is 4.52. The number of rotatable bonds is 6. The summed E-state index contributed by atoms with van der Waals surface area (Å²) < 4.78 is 15.0. The molecule has 0 aliphatic carbocycles. The van der Waals surface area contributed by atoms with Gasteiger partial charge in [-0.05, 0) is 61.9 Å². The van der Waals surface area contributed by atoms with Gasteiger partial charge in [0.25, 0.3) is 5.56 Å². The minimum Gasteiger partial charge on any atom is -0.383 e. The van der Waals surface area contributed by atoms with Crippen molar-refractivity contribution in [2.75, 3.05) is 26.9 Å².